The van der Waals surface area contributed by atoms with E-state index >= 15 is 0 Å². The largest absolute Gasteiger partial charge is 0.481 e. The molecule has 0 radical (unpaired) electrons. The van der Waals surface area contributed by atoms with Crippen molar-refractivity contribution in [3.05, 3.63) is 0 Å². The van der Waals surface area contributed by atoms with Crippen LogP contribution in [-0.4, -0.2) is 23.0 Å². The van der Waals surface area contributed by atoms with E-state index in [4.69, 9.17) is 5.11 Å². The lowest BCUT2D eigenvalue weighted by atomic mass is 10.0. The minimum atomic E-state index is -0.947. The SMILES string of the molecule is CCCCCCCCCCCCCCCCCC(=O)OC(=O)CCCC(=O)O. The van der Waals surface area contributed by atoms with Crippen LogP contribution in [0.5, 0.6) is 0 Å². The third kappa shape index (κ3) is 20.9. The molecule has 164 valence electrons. The van der Waals surface area contributed by atoms with E-state index in [1.807, 2.05) is 0 Å². The zero-order valence-corrected chi connectivity index (χ0v) is 18.0. The second kappa shape index (κ2) is 20.3. The third-order valence-electron chi connectivity index (χ3n) is 4.98. The molecule has 0 bridgehead atoms. The van der Waals surface area contributed by atoms with Crippen LogP contribution >= 0.6 is 0 Å². The lowest BCUT2D eigenvalue weighted by Crippen LogP contribution is -2.12. The first-order valence-electron chi connectivity index (χ1n) is 11.5. The van der Waals surface area contributed by atoms with Crippen LogP contribution < -0.4 is 0 Å². The van der Waals surface area contributed by atoms with E-state index in [0.717, 1.165) is 19.3 Å². The summed E-state index contributed by atoms with van der Waals surface area (Å²) in [6.45, 7) is 2.26. The number of carboxylic acid groups (broad SMARTS) is 1. The number of carbonyl (C=O) groups is 3. The van der Waals surface area contributed by atoms with Gasteiger partial charge in [-0.3, -0.25) is 14.4 Å². The molecule has 0 heterocycles. The van der Waals surface area contributed by atoms with Gasteiger partial charge in [-0.05, 0) is 12.8 Å². The van der Waals surface area contributed by atoms with Gasteiger partial charge in [0, 0.05) is 19.3 Å². The molecule has 5 nitrogen and oxygen atoms in total. The molecule has 0 unspecified atom stereocenters. The molecule has 0 aromatic carbocycles. The van der Waals surface area contributed by atoms with Gasteiger partial charge in [-0.15, -0.1) is 0 Å². The summed E-state index contributed by atoms with van der Waals surface area (Å²) < 4.78 is 4.68. The maximum absolute atomic E-state index is 11.5. The highest BCUT2D eigenvalue weighted by Crippen LogP contribution is 2.14. The zero-order chi connectivity index (χ0) is 20.9. The number of esters is 2. The summed E-state index contributed by atoms with van der Waals surface area (Å²) in [6.07, 6.45) is 19.4. The minimum absolute atomic E-state index is 0.0170. The second-order valence-corrected chi connectivity index (χ2v) is 7.79. The van der Waals surface area contributed by atoms with Crippen LogP contribution in [0.2, 0.25) is 0 Å². The summed E-state index contributed by atoms with van der Waals surface area (Å²) in [7, 11) is 0. The first-order chi connectivity index (χ1) is 13.6. The molecule has 1 N–H and O–H groups in total. The first kappa shape index (κ1) is 26.6. The molecule has 0 saturated heterocycles. The van der Waals surface area contributed by atoms with E-state index in [0.29, 0.717) is 0 Å². The normalized spacial score (nSPS) is 10.8. The van der Waals surface area contributed by atoms with Gasteiger partial charge in [0.05, 0.1) is 0 Å². The molecule has 0 aromatic heterocycles. The minimum Gasteiger partial charge on any atom is -0.481 e. The molecule has 0 saturated carbocycles. The quantitative estimate of drug-likeness (QED) is 0.142. The van der Waals surface area contributed by atoms with Crippen LogP contribution in [0.4, 0.5) is 0 Å². The Morgan fingerprint density at radius 1 is 0.536 bits per heavy atom. The van der Waals surface area contributed by atoms with Gasteiger partial charge in [0.1, 0.15) is 0 Å². The van der Waals surface area contributed by atoms with Crippen molar-refractivity contribution in [1.29, 1.82) is 0 Å². The predicted molar refractivity (Wildman–Crippen MR) is 112 cm³/mol. The van der Waals surface area contributed by atoms with Crippen molar-refractivity contribution in [2.24, 2.45) is 0 Å². The van der Waals surface area contributed by atoms with Crippen molar-refractivity contribution < 1.29 is 24.2 Å². The Bertz CT molecular complexity index is 406. The smallest absolute Gasteiger partial charge is 0.313 e. The molecule has 28 heavy (non-hydrogen) atoms. The average Bonchev–Trinajstić information content (AvgIpc) is 2.64. The van der Waals surface area contributed by atoms with E-state index in [-0.39, 0.29) is 25.7 Å². The van der Waals surface area contributed by atoms with Crippen molar-refractivity contribution in [2.75, 3.05) is 0 Å². The third-order valence-corrected chi connectivity index (χ3v) is 4.98. The molecule has 0 spiro atoms. The number of aliphatic carboxylic acids is 1. The lowest BCUT2D eigenvalue weighted by Gasteiger charge is -2.04. The fraction of sp³-hybridized carbons (Fsp3) is 0.870. The van der Waals surface area contributed by atoms with Crippen molar-refractivity contribution in [3.8, 4) is 0 Å². The standard InChI is InChI=1S/C23H42O5/c1-2-3-4-5-6-7-8-9-10-11-12-13-14-15-16-19-22(26)28-23(27)20-17-18-21(24)25/h2-20H2,1H3,(H,24,25). The van der Waals surface area contributed by atoms with Crippen LogP contribution in [0.25, 0.3) is 0 Å². The highest BCUT2D eigenvalue weighted by molar-refractivity contribution is 5.85. The molecule has 0 aromatic rings. The van der Waals surface area contributed by atoms with Crippen LogP contribution in [0.3, 0.4) is 0 Å². The van der Waals surface area contributed by atoms with Gasteiger partial charge in [0.2, 0.25) is 0 Å². The monoisotopic (exact) mass is 398 g/mol. The Morgan fingerprint density at radius 3 is 1.29 bits per heavy atom. The molecular weight excluding hydrogens is 356 g/mol. The van der Waals surface area contributed by atoms with E-state index in [1.165, 1.54) is 77.0 Å². The molecule has 0 aliphatic heterocycles. The topological polar surface area (TPSA) is 80.7 Å². The fourth-order valence-corrected chi connectivity index (χ4v) is 3.25. The number of hydrogen-bond donors (Lipinski definition) is 1. The number of hydrogen-bond acceptors (Lipinski definition) is 4. The molecule has 5 heteroatoms. The summed E-state index contributed by atoms with van der Waals surface area (Å²) in [4.78, 5) is 33.2. The van der Waals surface area contributed by atoms with Gasteiger partial charge >= 0.3 is 17.9 Å². The summed E-state index contributed by atoms with van der Waals surface area (Å²) in [6, 6.07) is 0. The summed E-state index contributed by atoms with van der Waals surface area (Å²) >= 11 is 0. The van der Waals surface area contributed by atoms with Crippen molar-refractivity contribution in [3.63, 3.8) is 0 Å². The molecule has 0 amide bonds. The van der Waals surface area contributed by atoms with Gasteiger partial charge in [-0.25, -0.2) is 0 Å². The average molecular weight is 399 g/mol. The van der Waals surface area contributed by atoms with E-state index in [1.54, 1.807) is 0 Å². The van der Waals surface area contributed by atoms with Crippen LogP contribution in [0.1, 0.15) is 129 Å². The summed E-state index contributed by atoms with van der Waals surface area (Å²) in [5.41, 5.74) is 0. The Morgan fingerprint density at radius 2 is 0.893 bits per heavy atom. The van der Waals surface area contributed by atoms with Crippen molar-refractivity contribution in [2.45, 2.75) is 129 Å². The van der Waals surface area contributed by atoms with Gasteiger partial charge in [-0.2, -0.15) is 0 Å². The zero-order valence-electron chi connectivity index (χ0n) is 18.0. The molecular formula is C23H42O5. The van der Waals surface area contributed by atoms with Crippen molar-refractivity contribution in [1.82, 2.24) is 0 Å². The summed E-state index contributed by atoms with van der Waals surface area (Å²) in [5.74, 6) is -2.06. The number of rotatable bonds is 20. The van der Waals surface area contributed by atoms with Crippen LogP contribution in [0, 0.1) is 0 Å². The predicted octanol–water partition coefficient (Wildman–Crippen LogP) is 6.57. The number of carboxylic acids is 1. The first-order valence-corrected chi connectivity index (χ1v) is 11.5. The number of ether oxygens (including phenoxy) is 1. The van der Waals surface area contributed by atoms with Crippen LogP contribution in [0.15, 0.2) is 0 Å². The second-order valence-electron chi connectivity index (χ2n) is 7.79. The number of carbonyl (C=O) groups excluding carboxylic acids is 2. The van der Waals surface area contributed by atoms with Gasteiger partial charge in [0.15, 0.2) is 0 Å². The Hall–Kier alpha value is -1.39. The Kier molecular flexibility index (Phi) is 19.3. The maximum Gasteiger partial charge on any atom is 0.313 e. The molecule has 0 aliphatic rings. The van der Waals surface area contributed by atoms with Gasteiger partial charge in [-0.1, -0.05) is 96.8 Å². The molecule has 0 fully saturated rings. The highest BCUT2D eigenvalue weighted by Gasteiger charge is 2.10. The lowest BCUT2D eigenvalue weighted by molar-refractivity contribution is -0.159. The van der Waals surface area contributed by atoms with Crippen LogP contribution in [-0.2, 0) is 19.1 Å². The Labute approximate surface area is 171 Å². The van der Waals surface area contributed by atoms with E-state index in [2.05, 4.69) is 11.7 Å². The maximum atomic E-state index is 11.5. The molecule has 0 rings (SSSR count). The summed E-state index contributed by atoms with van der Waals surface area (Å²) in [5, 5.41) is 8.49. The van der Waals surface area contributed by atoms with Gasteiger partial charge in [0.25, 0.3) is 0 Å². The Balaban J connectivity index is 3.27. The van der Waals surface area contributed by atoms with Crippen molar-refractivity contribution >= 4 is 17.9 Å². The fourth-order valence-electron chi connectivity index (χ4n) is 3.25. The molecule has 0 aliphatic carbocycles. The van der Waals surface area contributed by atoms with E-state index in [9.17, 15) is 14.4 Å². The molecule has 0 atom stereocenters. The van der Waals surface area contributed by atoms with E-state index < -0.39 is 17.9 Å². The highest BCUT2D eigenvalue weighted by atomic mass is 16.6. The number of unbranched alkanes of at least 4 members (excludes halogenated alkanes) is 14. The van der Waals surface area contributed by atoms with Gasteiger partial charge < -0.3 is 9.84 Å².